The van der Waals surface area contributed by atoms with Crippen LogP contribution in [-0.4, -0.2) is 223 Å². The highest BCUT2D eigenvalue weighted by Gasteiger charge is 2.81. The summed E-state index contributed by atoms with van der Waals surface area (Å²) in [5.74, 6) is -20.5. The summed E-state index contributed by atoms with van der Waals surface area (Å²) in [6.45, 7) is 23.1. The van der Waals surface area contributed by atoms with E-state index in [0.29, 0.717) is 62.3 Å². The second-order valence-corrected chi connectivity index (χ2v) is 40.0. The number of nitrogens with zero attached hydrogens (tertiary/aromatic N) is 6. The van der Waals surface area contributed by atoms with Crippen molar-refractivity contribution in [2.24, 2.45) is 21.7 Å². The Hall–Kier alpha value is -8.84. The zero-order valence-corrected chi connectivity index (χ0v) is 79.3. The van der Waals surface area contributed by atoms with Gasteiger partial charge in [0.05, 0.1) is 32.7 Å². The molecule has 2 unspecified atom stereocenters. The highest BCUT2D eigenvalue weighted by atomic mass is 32.3. The Morgan fingerprint density at radius 1 is 0.448 bits per heavy atom. The number of benzene rings is 5. The van der Waals surface area contributed by atoms with Gasteiger partial charge in [-0.05, 0) is 143 Å². The van der Waals surface area contributed by atoms with E-state index in [1.165, 1.54) is 38.5 Å². The summed E-state index contributed by atoms with van der Waals surface area (Å²) in [6, 6.07) is 41.8. The number of piperazine rings is 1. The van der Waals surface area contributed by atoms with Crippen LogP contribution >= 0.6 is 0 Å². The van der Waals surface area contributed by atoms with Crippen LogP contribution in [0.1, 0.15) is 159 Å². The number of carbonyl (C=O) groups is 6. The normalized spacial score (nSPS) is 15.8. The maximum Gasteiger partial charge on any atom is 0.480 e. The minimum Gasteiger partial charge on any atom is -0.464 e. The first kappa shape index (κ1) is 119. The number of rotatable bonds is 30. The molecule has 24 nitrogen and oxygen atoms in total. The molecule has 3 fully saturated rings. The summed E-state index contributed by atoms with van der Waals surface area (Å²) in [5.41, 5.74) is -11.3. The van der Waals surface area contributed by atoms with Crippen LogP contribution in [0.4, 0.5) is 97.4 Å². The van der Waals surface area contributed by atoms with Crippen LogP contribution in [0.5, 0.6) is 0 Å². The van der Waals surface area contributed by atoms with E-state index in [1.54, 1.807) is 39.5 Å². The lowest BCUT2D eigenvalue weighted by Gasteiger charge is -2.39. The second kappa shape index (κ2) is 50.5. The average Bonchev–Trinajstić information content (AvgIpc) is 0.707. The molecule has 0 radical (unpaired) electrons. The van der Waals surface area contributed by atoms with E-state index >= 15 is 0 Å². The Morgan fingerprint density at radius 3 is 1.13 bits per heavy atom. The first-order valence-electron chi connectivity index (χ1n) is 41.7. The molecule has 3 saturated heterocycles. The fourth-order valence-electron chi connectivity index (χ4n) is 11.0. The molecule has 134 heavy (non-hydrogen) atoms. The molecule has 5 aromatic carbocycles. The number of halogens is 20. The van der Waals surface area contributed by atoms with E-state index < -0.39 is 165 Å². The summed E-state index contributed by atoms with van der Waals surface area (Å²) in [6.07, 6.45) is -9.40. The van der Waals surface area contributed by atoms with Crippen molar-refractivity contribution in [3.8, 4) is 0 Å². The lowest BCUT2D eigenvalue weighted by molar-refractivity contribution is -0.244. The molecule has 0 bridgehead atoms. The van der Waals surface area contributed by atoms with Gasteiger partial charge in [0.15, 0.2) is 69.5 Å². The molecule has 2 atom stereocenters. The largest absolute Gasteiger partial charge is 0.480 e. The number of sulfonamides is 3. The molecular formula is C86H112F20N6O18S4. The van der Waals surface area contributed by atoms with E-state index in [-0.39, 0.29) is 91.3 Å². The number of likely N-dealkylation sites (tertiary alicyclic amines) is 2. The van der Waals surface area contributed by atoms with E-state index in [2.05, 4.69) is 95.7 Å². The van der Waals surface area contributed by atoms with Crippen molar-refractivity contribution >= 4 is 77.0 Å². The van der Waals surface area contributed by atoms with Crippen molar-refractivity contribution < 1.29 is 170 Å². The molecule has 0 N–H and O–H groups in total. The van der Waals surface area contributed by atoms with Gasteiger partial charge < -0.3 is 52.1 Å². The summed E-state index contributed by atoms with van der Waals surface area (Å²) in [7, 11) is -20.6. The second-order valence-electron chi connectivity index (χ2n) is 32.5. The van der Waals surface area contributed by atoms with Crippen LogP contribution < -0.4 is 0 Å². The predicted molar refractivity (Wildman–Crippen MR) is 453 cm³/mol. The van der Waals surface area contributed by atoms with Gasteiger partial charge in [-0.3, -0.25) is 19.2 Å². The third-order valence-electron chi connectivity index (χ3n) is 21.8. The summed E-state index contributed by atoms with van der Waals surface area (Å²) in [5, 5.41) is -14.3. The molecule has 3 aliphatic rings. The Labute approximate surface area is 769 Å². The molecule has 0 aromatic heterocycles. The lowest BCUT2D eigenvalue weighted by Crippen LogP contribution is -2.64. The summed E-state index contributed by atoms with van der Waals surface area (Å²) >= 11 is 0. The molecule has 0 saturated carbocycles. The number of amides is 2. The van der Waals surface area contributed by atoms with Crippen LogP contribution in [0, 0.1) is 50.7 Å². The van der Waals surface area contributed by atoms with Gasteiger partial charge in [-0.2, -0.15) is 70.2 Å². The number of hydrogen-bond acceptors (Lipinski definition) is 20. The smallest absolute Gasteiger partial charge is 0.464 e. The van der Waals surface area contributed by atoms with Gasteiger partial charge in [0.25, 0.3) is 10.0 Å². The molecule has 3 aliphatic heterocycles. The number of likely N-dealkylation sites (N-methyl/N-ethyl adjacent to an activating group) is 2. The van der Waals surface area contributed by atoms with Crippen LogP contribution in [0.3, 0.4) is 0 Å². The third-order valence-corrected chi connectivity index (χ3v) is 29.0. The monoisotopic (exact) mass is 2020 g/mol. The first-order chi connectivity index (χ1) is 61.6. The standard InChI is InChI=1S/C19H22F5NO4.C19H27NO4.C18H15S.C12H22F3NO2.C9H11F9N3O6S3.C9H15F3O2/c1-4-19(2,3)17(26)29-10-5-7-25(8-6-10)18(27)28-9-11-12(20)14(22)16(24)15(23)13(11)21;1-4-19(2,3)17(21)24-16-10-12-20(13-11-16)18(22)23-14-15-8-6-5-7-9-15;1-4-10-16(11-5-1)19(17-12-6-2-7-13-17)18-14-8-3-9-15-18;1-5-11(4,12(13,14)15)10(17)18-9-8-16(6-2)7-3;1-20-2-4-21(5-3-20)30(26,27)8(14,15)6(10,11)7(12,13)28(22,23)19-29(24,25)9(16,17)18;1-5-8(3,4)7(13)14-6(2)9(10,11)12/h10H,4-9H2,1-3H3;5-9,16H,4,10-14H2,1-3H3;1-15H;5-9H2,1-4H3;2-5H2,1H3;6H,5H2,1-4H3/q;;+1;;-1;. The van der Waals surface area contributed by atoms with Gasteiger partial charge in [-0.25, -0.2) is 56.8 Å². The Kier molecular flexibility index (Phi) is 44.9. The maximum atomic E-state index is 14.0. The zero-order valence-electron chi connectivity index (χ0n) is 76.1. The highest BCUT2D eigenvalue weighted by molar-refractivity contribution is 8.13. The zero-order chi connectivity index (χ0) is 103. The number of carbonyl (C=O) groups excluding carboxylic acids is 6. The lowest BCUT2D eigenvalue weighted by atomic mass is 9.87. The molecule has 5 aromatic rings. The molecule has 758 valence electrons. The average molecular weight is 2030 g/mol. The molecule has 3 heterocycles. The minimum atomic E-state index is -7.88. The van der Waals surface area contributed by atoms with Crippen LogP contribution in [-0.2, 0) is 102 Å². The molecule has 2 amide bonds. The van der Waals surface area contributed by atoms with Gasteiger partial charge >= 0.3 is 70.4 Å². The molecule has 0 aliphatic carbocycles. The topological polar surface area (TPSA) is 291 Å². The van der Waals surface area contributed by atoms with Gasteiger partial charge in [0, 0.05) is 84.6 Å². The van der Waals surface area contributed by atoms with E-state index in [1.807, 2.05) is 76.8 Å². The molecular weight excluding hydrogens is 1910 g/mol. The van der Waals surface area contributed by atoms with Crippen LogP contribution in [0.2, 0.25) is 0 Å². The molecule has 0 spiro atoms. The summed E-state index contributed by atoms with van der Waals surface area (Å²) in [4.78, 5) is 81.4. The number of ether oxygens (including phenoxy) is 6. The highest BCUT2D eigenvalue weighted by Crippen LogP contribution is 2.54. The van der Waals surface area contributed by atoms with Crippen molar-refractivity contribution in [1.82, 2.24) is 23.9 Å². The van der Waals surface area contributed by atoms with Crippen molar-refractivity contribution in [2.75, 3.05) is 85.6 Å². The van der Waals surface area contributed by atoms with E-state index in [4.69, 9.17) is 23.7 Å². The number of hydrogen-bond donors (Lipinski definition) is 0. The van der Waals surface area contributed by atoms with E-state index in [9.17, 15) is 142 Å². The predicted octanol–water partition coefficient (Wildman–Crippen LogP) is 19.7. The van der Waals surface area contributed by atoms with E-state index in [0.717, 1.165) is 38.9 Å². The van der Waals surface area contributed by atoms with Gasteiger partial charge in [0.2, 0.25) is 5.82 Å². The van der Waals surface area contributed by atoms with Gasteiger partial charge in [-0.1, -0.05) is 126 Å². The van der Waals surface area contributed by atoms with Crippen LogP contribution in [0.25, 0.3) is 4.13 Å². The Balaban J connectivity index is 0.000000421. The number of alkyl halides is 15. The van der Waals surface area contributed by atoms with Crippen molar-refractivity contribution in [3.63, 3.8) is 0 Å². The van der Waals surface area contributed by atoms with Crippen LogP contribution in [0.15, 0.2) is 136 Å². The third kappa shape index (κ3) is 32.7. The van der Waals surface area contributed by atoms with Crippen molar-refractivity contribution in [1.29, 1.82) is 0 Å². The van der Waals surface area contributed by atoms with Crippen molar-refractivity contribution in [2.45, 2.75) is 229 Å². The number of piperidine rings is 2. The van der Waals surface area contributed by atoms with Gasteiger partial charge in [-0.15, -0.1) is 0 Å². The maximum absolute atomic E-state index is 14.0. The minimum absolute atomic E-state index is 0.00775. The SMILES string of the molecule is CCC(C)(C)C(=O)OC(C)C(F)(F)F.CCC(C)(C)C(=O)OC1CCN(C(=O)OCc2c(F)c(F)c(F)c(F)c2F)CC1.CCC(C)(C)C(=O)OC1CCN(C(=O)OCc2ccccc2)CC1.CCN(CC)CCOC(=O)C(C)(CC)C(F)(F)F.CN1CCN(S(=O)(=O)C(F)(F)C(F)(F)C(F)(F)S(=O)(=O)[N-]S(=O)(=O)C(F)(F)F)CC1.c1ccc([S+](c2ccccc2)c2ccccc2)cc1. The Bertz CT molecular complexity index is 4810. The fraction of sp³-hybridized carbons (Fsp3) is 0.581. The number of esters is 4. The molecule has 48 heteroatoms. The molecule has 8 rings (SSSR count). The first-order valence-corrected chi connectivity index (χ1v) is 47.2. The summed E-state index contributed by atoms with van der Waals surface area (Å²) < 4.78 is 358. The van der Waals surface area contributed by atoms with Crippen molar-refractivity contribution in [3.05, 3.63) is 166 Å². The fourth-order valence-corrected chi connectivity index (χ4v) is 16.8. The quantitative estimate of drug-likeness (QED) is 0.0103. The van der Waals surface area contributed by atoms with Gasteiger partial charge in [0.1, 0.15) is 32.0 Å². The Morgan fingerprint density at radius 2 is 0.799 bits per heavy atom.